The highest BCUT2D eigenvalue weighted by Gasteiger charge is 2.13. The van der Waals surface area contributed by atoms with E-state index in [1.807, 2.05) is 19.0 Å². The van der Waals surface area contributed by atoms with Crippen LogP contribution in [0.15, 0.2) is 0 Å². The molecule has 72 valence electrons. The molecule has 0 rings (SSSR count). The Hall–Kier alpha value is -0.650. The average molecular weight is 175 g/mol. The molecule has 0 bridgehead atoms. The molecule has 0 fully saturated rings. The topological polar surface area (TPSA) is 78.6 Å². The summed E-state index contributed by atoms with van der Waals surface area (Å²) < 4.78 is 0. The van der Waals surface area contributed by atoms with E-state index in [1.54, 1.807) is 0 Å². The lowest BCUT2D eigenvalue weighted by molar-refractivity contribution is -0.139. The fraction of sp³-hybridized carbons (Fsp3) is 0.857. The number of rotatable bonds is 6. The summed E-state index contributed by atoms with van der Waals surface area (Å²) in [7, 11) is 3.86. The van der Waals surface area contributed by atoms with Gasteiger partial charge in [-0.15, -0.1) is 0 Å². The van der Waals surface area contributed by atoms with Crippen molar-refractivity contribution in [1.29, 1.82) is 0 Å². The zero-order valence-electron chi connectivity index (χ0n) is 7.58. The third kappa shape index (κ3) is 5.06. The molecule has 0 saturated heterocycles. The molecular formula is C7H17N3O2. The summed E-state index contributed by atoms with van der Waals surface area (Å²) in [6.45, 7) is 1.58. The van der Waals surface area contributed by atoms with Crippen LogP contribution in [0.5, 0.6) is 0 Å². The maximum Gasteiger partial charge on any atom is 0.322 e. The zero-order valence-corrected chi connectivity index (χ0v) is 7.58. The van der Waals surface area contributed by atoms with E-state index in [0.29, 0.717) is 6.54 Å². The number of likely N-dealkylation sites (N-methyl/N-ethyl adjacent to an activating group) is 1. The molecule has 1 unspecified atom stereocenters. The molecule has 5 nitrogen and oxygen atoms in total. The number of aliphatic carboxylic acids is 1. The van der Waals surface area contributed by atoms with E-state index in [0.717, 1.165) is 6.54 Å². The Kier molecular flexibility index (Phi) is 5.61. The summed E-state index contributed by atoms with van der Waals surface area (Å²) in [5, 5.41) is 11.4. The Bertz CT molecular complexity index is 139. The van der Waals surface area contributed by atoms with Crippen LogP contribution in [0.4, 0.5) is 0 Å². The largest absolute Gasteiger partial charge is 0.480 e. The molecule has 0 aromatic heterocycles. The fourth-order valence-electron chi connectivity index (χ4n) is 0.734. The van der Waals surface area contributed by atoms with Crippen molar-refractivity contribution in [3.05, 3.63) is 0 Å². The summed E-state index contributed by atoms with van der Waals surface area (Å²) in [5.41, 5.74) is 5.23. The van der Waals surface area contributed by atoms with Crippen LogP contribution in [0, 0.1) is 0 Å². The van der Waals surface area contributed by atoms with Crippen molar-refractivity contribution >= 4 is 5.97 Å². The lowest BCUT2D eigenvalue weighted by Gasteiger charge is -2.14. The summed E-state index contributed by atoms with van der Waals surface area (Å²) >= 11 is 0. The van der Waals surface area contributed by atoms with Gasteiger partial charge in [0.2, 0.25) is 0 Å². The molecule has 0 spiro atoms. The highest BCUT2D eigenvalue weighted by atomic mass is 16.4. The predicted molar refractivity (Wildman–Crippen MR) is 47.0 cm³/mol. The number of carboxylic acid groups (broad SMARTS) is 1. The van der Waals surface area contributed by atoms with Crippen molar-refractivity contribution in [2.75, 3.05) is 33.7 Å². The van der Waals surface area contributed by atoms with Gasteiger partial charge in [-0.05, 0) is 14.1 Å². The molecule has 1 atom stereocenters. The van der Waals surface area contributed by atoms with Crippen LogP contribution in [0.3, 0.4) is 0 Å². The summed E-state index contributed by atoms with van der Waals surface area (Å²) in [4.78, 5) is 12.4. The SMILES string of the molecule is CN(C)CCNC(CN)C(=O)O. The van der Waals surface area contributed by atoms with Crippen LogP contribution in [0.2, 0.25) is 0 Å². The van der Waals surface area contributed by atoms with E-state index in [4.69, 9.17) is 10.8 Å². The molecule has 0 aliphatic heterocycles. The number of hydrogen-bond donors (Lipinski definition) is 3. The van der Waals surface area contributed by atoms with Gasteiger partial charge in [-0.25, -0.2) is 0 Å². The Morgan fingerprint density at radius 3 is 2.58 bits per heavy atom. The van der Waals surface area contributed by atoms with Gasteiger partial charge >= 0.3 is 5.97 Å². The van der Waals surface area contributed by atoms with Gasteiger partial charge in [-0.1, -0.05) is 0 Å². The monoisotopic (exact) mass is 175 g/mol. The molecule has 0 radical (unpaired) electrons. The zero-order chi connectivity index (χ0) is 9.56. The van der Waals surface area contributed by atoms with E-state index >= 15 is 0 Å². The van der Waals surface area contributed by atoms with Crippen LogP contribution in [0.1, 0.15) is 0 Å². The predicted octanol–water partition coefficient (Wildman–Crippen LogP) is -1.45. The Morgan fingerprint density at radius 1 is 1.67 bits per heavy atom. The number of nitrogens with one attached hydrogen (secondary N) is 1. The van der Waals surface area contributed by atoms with Crippen molar-refractivity contribution in [3.8, 4) is 0 Å². The highest BCUT2D eigenvalue weighted by Crippen LogP contribution is 1.80. The second kappa shape index (κ2) is 5.93. The molecule has 5 heteroatoms. The molecule has 0 aromatic carbocycles. The second-order valence-electron chi connectivity index (χ2n) is 2.88. The first-order valence-corrected chi connectivity index (χ1v) is 3.89. The number of carboxylic acids is 1. The number of nitrogens with two attached hydrogens (primary N) is 1. The van der Waals surface area contributed by atoms with Crippen molar-refractivity contribution < 1.29 is 9.90 Å². The van der Waals surface area contributed by atoms with Crippen LogP contribution in [-0.4, -0.2) is 55.7 Å². The first kappa shape index (κ1) is 11.4. The van der Waals surface area contributed by atoms with Gasteiger partial charge < -0.3 is 21.1 Å². The molecule has 0 aliphatic rings. The minimum atomic E-state index is -0.892. The van der Waals surface area contributed by atoms with Gasteiger partial charge in [0.25, 0.3) is 0 Å². The van der Waals surface area contributed by atoms with E-state index < -0.39 is 12.0 Å². The fourth-order valence-corrected chi connectivity index (χ4v) is 0.734. The van der Waals surface area contributed by atoms with Gasteiger partial charge in [-0.2, -0.15) is 0 Å². The maximum absolute atomic E-state index is 10.5. The normalized spacial score (nSPS) is 13.3. The molecule has 0 amide bonds. The van der Waals surface area contributed by atoms with Gasteiger partial charge in [0, 0.05) is 19.6 Å². The van der Waals surface area contributed by atoms with Crippen LogP contribution >= 0.6 is 0 Å². The Balaban J connectivity index is 3.52. The quantitative estimate of drug-likeness (QED) is 0.460. The van der Waals surface area contributed by atoms with E-state index in [-0.39, 0.29) is 6.54 Å². The summed E-state index contributed by atoms with van der Waals surface area (Å²) in [6.07, 6.45) is 0. The summed E-state index contributed by atoms with van der Waals surface area (Å²) in [5.74, 6) is -0.892. The van der Waals surface area contributed by atoms with Crippen molar-refractivity contribution in [2.24, 2.45) is 5.73 Å². The standard InChI is InChI=1S/C7H17N3O2/c1-10(2)4-3-9-6(5-8)7(11)12/h6,9H,3-5,8H2,1-2H3,(H,11,12). The van der Waals surface area contributed by atoms with Gasteiger partial charge in [0.1, 0.15) is 6.04 Å². The third-order valence-corrected chi connectivity index (χ3v) is 1.48. The van der Waals surface area contributed by atoms with Crippen molar-refractivity contribution in [1.82, 2.24) is 10.2 Å². The number of carbonyl (C=O) groups is 1. The van der Waals surface area contributed by atoms with Crippen LogP contribution in [-0.2, 0) is 4.79 Å². The maximum atomic E-state index is 10.5. The van der Waals surface area contributed by atoms with Crippen LogP contribution < -0.4 is 11.1 Å². The van der Waals surface area contributed by atoms with E-state index in [2.05, 4.69) is 5.32 Å². The minimum Gasteiger partial charge on any atom is -0.480 e. The number of hydrogen-bond acceptors (Lipinski definition) is 4. The molecular weight excluding hydrogens is 158 g/mol. The van der Waals surface area contributed by atoms with E-state index in [9.17, 15) is 4.79 Å². The Morgan fingerprint density at radius 2 is 2.25 bits per heavy atom. The molecule has 0 saturated carbocycles. The minimum absolute atomic E-state index is 0.128. The second-order valence-corrected chi connectivity index (χ2v) is 2.88. The van der Waals surface area contributed by atoms with Crippen LogP contribution in [0.25, 0.3) is 0 Å². The molecule has 0 aliphatic carbocycles. The van der Waals surface area contributed by atoms with Crippen molar-refractivity contribution in [2.45, 2.75) is 6.04 Å². The third-order valence-electron chi connectivity index (χ3n) is 1.48. The van der Waals surface area contributed by atoms with Crippen molar-refractivity contribution in [3.63, 3.8) is 0 Å². The van der Waals surface area contributed by atoms with Gasteiger partial charge in [-0.3, -0.25) is 4.79 Å². The first-order valence-electron chi connectivity index (χ1n) is 3.89. The average Bonchev–Trinajstić information content (AvgIpc) is 1.96. The number of nitrogens with zero attached hydrogens (tertiary/aromatic N) is 1. The lowest BCUT2D eigenvalue weighted by Crippen LogP contribution is -2.44. The highest BCUT2D eigenvalue weighted by molar-refractivity contribution is 5.73. The molecule has 0 heterocycles. The van der Waals surface area contributed by atoms with Gasteiger partial charge in [0.15, 0.2) is 0 Å². The Labute approximate surface area is 72.5 Å². The molecule has 0 aromatic rings. The smallest absolute Gasteiger partial charge is 0.322 e. The van der Waals surface area contributed by atoms with E-state index in [1.165, 1.54) is 0 Å². The first-order chi connectivity index (χ1) is 5.57. The summed E-state index contributed by atoms with van der Waals surface area (Å²) in [6, 6.07) is -0.620. The van der Waals surface area contributed by atoms with Gasteiger partial charge in [0.05, 0.1) is 0 Å². The molecule has 12 heavy (non-hydrogen) atoms. The lowest BCUT2D eigenvalue weighted by atomic mass is 10.3. The molecule has 4 N–H and O–H groups in total.